The normalized spacial score (nSPS) is 9.88. The molecule has 0 bridgehead atoms. The first-order chi connectivity index (χ1) is 6.97. The topological polar surface area (TPSA) is 87.5 Å². The second-order valence-electron chi connectivity index (χ2n) is 2.64. The maximum absolute atomic E-state index is 8.74. The van der Waals surface area contributed by atoms with Crippen LogP contribution in [0, 0.1) is 0 Å². The van der Waals surface area contributed by atoms with Crippen molar-refractivity contribution in [3.05, 3.63) is 42.6 Å². The molecule has 1 heterocycles. The molecule has 7 heteroatoms. The summed E-state index contributed by atoms with van der Waals surface area (Å²) in [6.45, 7) is 0. The Labute approximate surface area is 104 Å². The van der Waals surface area contributed by atoms with Gasteiger partial charge in [-0.3, -0.25) is 14.1 Å². The summed E-state index contributed by atoms with van der Waals surface area (Å²) < 4.78 is 31.6. The Hall–Kier alpha value is -0.981. The fourth-order valence-electron chi connectivity index (χ4n) is 1.02. The molecule has 0 aliphatic rings. The Morgan fingerprint density at radius 1 is 1.00 bits per heavy atom. The van der Waals surface area contributed by atoms with Gasteiger partial charge in [0, 0.05) is 28.7 Å². The zero-order valence-corrected chi connectivity index (χ0v) is 9.67. The van der Waals surface area contributed by atoms with Gasteiger partial charge in [0.05, 0.1) is 5.52 Å². The summed E-state index contributed by atoms with van der Waals surface area (Å²) in [6.07, 6.45) is 1.81. The van der Waals surface area contributed by atoms with Crippen LogP contribution in [0.3, 0.4) is 0 Å². The summed E-state index contributed by atoms with van der Waals surface area (Å²) in [5.74, 6) is 0. The predicted octanol–water partition coefficient (Wildman–Crippen LogP) is 1.58. The van der Waals surface area contributed by atoms with Crippen molar-refractivity contribution in [3.63, 3.8) is 0 Å². The Morgan fingerprint density at radius 2 is 1.50 bits per heavy atom. The van der Waals surface area contributed by atoms with Gasteiger partial charge in [0.2, 0.25) is 0 Å². The fourth-order valence-corrected chi connectivity index (χ4v) is 1.02. The number of pyridine rings is 1. The van der Waals surface area contributed by atoms with Crippen LogP contribution in [-0.2, 0) is 27.5 Å². The molecular weight excluding hydrogens is 282 g/mol. The van der Waals surface area contributed by atoms with Gasteiger partial charge >= 0.3 is 10.4 Å². The monoisotopic (exact) mass is 290 g/mol. The van der Waals surface area contributed by atoms with Gasteiger partial charge in [-0.25, -0.2) is 0 Å². The van der Waals surface area contributed by atoms with Gasteiger partial charge < -0.3 is 0 Å². The van der Waals surface area contributed by atoms with E-state index >= 15 is 0 Å². The minimum absolute atomic E-state index is 0. The van der Waals surface area contributed by atoms with Gasteiger partial charge in [-0.2, -0.15) is 8.42 Å². The zero-order chi connectivity index (χ0) is 11.3. The van der Waals surface area contributed by atoms with Crippen molar-refractivity contribution >= 4 is 21.3 Å². The summed E-state index contributed by atoms with van der Waals surface area (Å²) in [5.41, 5.74) is 1.06. The molecule has 0 amide bonds. The molecule has 2 N–H and O–H groups in total. The van der Waals surface area contributed by atoms with Crippen LogP contribution in [0.1, 0.15) is 0 Å². The van der Waals surface area contributed by atoms with Gasteiger partial charge in [0.25, 0.3) is 0 Å². The molecule has 0 saturated heterocycles. The van der Waals surface area contributed by atoms with Crippen LogP contribution in [0.25, 0.3) is 10.9 Å². The molecule has 0 fully saturated rings. The number of hydrogen-bond acceptors (Lipinski definition) is 3. The molecule has 0 saturated carbocycles. The van der Waals surface area contributed by atoms with E-state index in [0.717, 1.165) is 5.52 Å². The fraction of sp³-hybridized carbons (Fsp3) is 0. The summed E-state index contributed by atoms with van der Waals surface area (Å²) in [7, 11) is -4.67. The number of nitrogens with zero attached hydrogens (tertiary/aromatic N) is 1. The van der Waals surface area contributed by atoms with E-state index in [1.807, 2.05) is 30.5 Å². The molecule has 2 aromatic rings. The third kappa shape index (κ3) is 6.49. The van der Waals surface area contributed by atoms with Crippen molar-refractivity contribution in [3.8, 4) is 0 Å². The predicted molar refractivity (Wildman–Crippen MR) is 55.9 cm³/mol. The Bertz CT molecular complexity index is 470. The smallest absolute Gasteiger partial charge is 0.264 e. The SMILES string of the molecule is O=S(=O)(O)O.[Cu].c1ccc2ncccc2c1. The van der Waals surface area contributed by atoms with Crippen molar-refractivity contribution in [1.29, 1.82) is 0 Å². The molecule has 1 aromatic heterocycles. The van der Waals surface area contributed by atoms with E-state index in [-0.39, 0.29) is 17.1 Å². The van der Waals surface area contributed by atoms with Gasteiger partial charge in [-0.15, -0.1) is 0 Å². The van der Waals surface area contributed by atoms with E-state index in [4.69, 9.17) is 17.5 Å². The molecule has 1 radical (unpaired) electrons. The van der Waals surface area contributed by atoms with E-state index < -0.39 is 10.4 Å². The minimum Gasteiger partial charge on any atom is -0.264 e. The second-order valence-corrected chi connectivity index (χ2v) is 3.54. The van der Waals surface area contributed by atoms with Crippen LogP contribution in [-0.4, -0.2) is 22.5 Å². The number of benzene rings is 1. The van der Waals surface area contributed by atoms with Crippen LogP contribution in [0.5, 0.6) is 0 Å². The molecule has 0 atom stereocenters. The third-order valence-electron chi connectivity index (χ3n) is 1.51. The van der Waals surface area contributed by atoms with Gasteiger partial charge in [0.15, 0.2) is 0 Å². The quantitative estimate of drug-likeness (QED) is 0.568. The molecule has 0 unspecified atom stereocenters. The molecule has 16 heavy (non-hydrogen) atoms. The van der Waals surface area contributed by atoms with Crippen molar-refractivity contribution in [2.75, 3.05) is 0 Å². The summed E-state index contributed by atoms with van der Waals surface area (Å²) >= 11 is 0. The number of aromatic nitrogens is 1. The molecule has 91 valence electrons. The Balaban J connectivity index is 0.000000330. The van der Waals surface area contributed by atoms with Crippen molar-refractivity contribution in [2.45, 2.75) is 0 Å². The van der Waals surface area contributed by atoms with Crippen LogP contribution < -0.4 is 0 Å². The average molecular weight is 291 g/mol. The first kappa shape index (κ1) is 15.0. The van der Waals surface area contributed by atoms with Crippen molar-refractivity contribution in [2.24, 2.45) is 0 Å². The Morgan fingerprint density at radius 3 is 2.06 bits per heavy atom. The van der Waals surface area contributed by atoms with E-state index in [1.54, 1.807) is 0 Å². The number of para-hydroxylation sites is 1. The van der Waals surface area contributed by atoms with E-state index in [2.05, 4.69) is 17.1 Å². The van der Waals surface area contributed by atoms with Crippen LogP contribution in [0.2, 0.25) is 0 Å². The van der Waals surface area contributed by atoms with Gasteiger partial charge in [0.1, 0.15) is 0 Å². The van der Waals surface area contributed by atoms with E-state index in [0.29, 0.717) is 0 Å². The maximum atomic E-state index is 8.74. The maximum Gasteiger partial charge on any atom is 0.394 e. The molecule has 1 aromatic carbocycles. The molecule has 0 aliphatic heterocycles. The summed E-state index contributed by atoms with van der Waals surface area (Å²) in [5, 5.41) is 1.20. The Kier molecular flexibility index (Phi) is 6.17. The largest absolute Gasteiger partial charge is 0.394 e. The number of fused-ring (bicyclic) bond motifs is 1. The summed E-state index contributed by atoms with van der Waals surface area (Å²) in [4.78, 5) is 4.18. The molecular formula is C9H9CuNO4S. The average Bonchev–Trinajstić information content (AvgIpc) is 2.16. The van der Waals surface area contributed by atoms with E-state index in [9.17, 15) is 0 Å². The number of hydrogen-bond donors (Lipinski definition) is 2. The molecule has 2 rings (SSSR count). The van der Waals surface area contributed by atoms with Gasteiger partial charge in [-0.1, -0.05) is 24.3 Å². The van der Waals surface area contributed by atoms with Gasteiger partial charge in [-0.05, 0) is 12.1 Å². The van der Waals surface area contributed by atoms with Crippen LogP contribution >= 0.6 is 0 Å². The minimum atomic E-state index is -4.67. The molecule has 0 aliphatic carbocycles. The standard InChI is InChI=1S/C9H7N.Cu.H2O4S/c1-2-6-9-8(4-1)5-3-7-10-9;;1-5(2,3)4/h1-7H;;(H2,1,2,3,4). The number of rotatable bonds is 0. The summed E-state index contributed by atoms with van der Waals surface area (Å²) in [6, 6.07) is 12.1. The van der Waals surface area contributed by atoms with Crippen molar-refractivity contribution in [1.82, 2.24) is 4.98 Å². The first-order valence-electron chi connectivity index (χ1n) is 3.96. The van der Waals surface area contributed by atoms with Crippen LogP contribution in [0.4, 0.5) is 0 Å². The molecule has 0 spiro atoms. The molecule has 5 nitrogen and oxygen atoms in total. The van der Waals surface area contributed by atoms with Crippen molar-refractivity contribution < 1.29 is 34.6 Å². The van der Waals surface area contributed by atoms with E-state index in [1.165, 1.54) is 5.39 Å². The van der Waals surface area contributed by atoms with Crippen LogP contribution in [0.15, 0.2) is 42.6 Å². The third-order valence-corrected chi connectivity index (χ3v) is 1.51. The first-order valence-corrected chi connectivity index (χ1v) is 5.36. The zero-order valence-electron chi connectivity index (χ0n) is 7.91. The second kappa shape index (κ2) is 6.57.